The number of aromatic nitrogens is 6. The number of alkyl halides is 3. The van der Waals surface area contributed by atoms with Gasteiger partial charge < -0.3 is 49.3 Å². The maximum absolute atomic E-state index is 17.1. The van der Waals surface area contributed by atoms with Gasteiger partial charge in [0, 0.05) is 41.4 Å². The highest BCUT2D eigenvalue weighted by Gasteiger charge is 2.40. The molecule has 3 aromatic carbocycles. The van der Waals surface area contributed by atoms with Gasteiger partial charge in [-0.3, -0.25) is 14.2 Å². The van der Waals surface area contributed by atoms with Crippen LogP contribution in [0.1, 0.15) is 88.2 Å². The van der Waals surface area contributed by atoms with E-state index in [0.29, 0.717) is 87.6 Å². The number of methoxy groups -OCH3 is 2. The average Bonchev–Trinajstić information content (AvgIpc) is 4.26. The highest BCUT2D eigenvalue weighted by molar-refractivity contribution is 7.15. The Labute approximate surface area is 437 Å². The first-order valence-corrected chi connectivity index (χ1v) is 25.6. The molecule has 3 aliphatic rings. The van der Waals surface area contributed by atoms with E-state index >= 15 is 4.39 Å². The minimum atomic E-state index is -4.85. The number of aromatic amines is 2. The molecular weight excluding hydrogens is 1010 g/mol. The Morgan fingerprint density at radius 1 is 0.737 bits per heavy atom. The number of alkyl carbamates (subject to hydrolysis) is 2. The molecule has 3 aliphatic heterocycles. The van der Waals surface area contributed by atoms with E-state index in [1.165, 1.54) is 55.9 Å². The molecule has 0 bridgehead atoms. The van der Waals surface area contributed by atoms with Crippen LogP contribution in [0.5, 0.6) is 11.5 Å². The van der Waals surface area contributed by atoms with Gasteiger partial charge in [-0.25, -0.2) is 28.9 Å². The Morgan fingerprint density at radius 2 is 1.30 bits per heavy atom. The Balaban J connectivity index is 0.990. The predicted molar refractivity (Wildman–Crippen MR) is 271 cm³/mol. The summed E-state index contributed by atoms with van der Waals surface area (Å²) in [6.45, 7) is 8.31. The number of amides is 4. The van der Waals surface area contributed by atoms with Gasteiger partial charge in [0.15, 0.2) is 0 Å². The van der Waals surface area contributed by atoms with Gasteiger partial charge in [-0.2, -0.15) is 0 Å². The molecule has 0 spiro atoms. The number of halogens is 4. The number of thiazole rings is 1. The van der Waals surface area contributed by atoms with Crippen molar-refractivity contribution in [2.75, 3.05) is 27.3 Å². The summed E-state index contributed by atoms with van der Waals surface area (Å²) in [6, 6.07) is 13.7. The average molecular weight is 1070 g/mol. The second-order valence-electron chi connectivity index (χ2n) is 19.6. The van der Waals surface area contributed by atoms with Gasteiger partial charge in [0.25, 0.3) is 0 Å². The van der Waals surface area contributed by atoms with Crippen molar-refractivity contribution in [2.45, 2.75) is 90.1 Å². The van der Waals surface area contributed by atoms with Crippen LogP contribution in [-0.4, -0.2) is 109 Å². The number of nitrogens with one attached hydrogen (secondary N) is 4. The SMILES string of the molecule is COC(=O)N[C@H](C(=O)N1CCC[C@H]1c1ncc(-c2cc(F)c3c(c2)OC(c2cnc(-c4ccc(OC(F)(F)F)cc4)s2)n2c-3cc3cc(-c4cnc([C@@H]5CCCN5C(=O)[C@@H](NC(=O)OC)C(C)C)[nH]4)ccc32)[nH]1)C(C)C. The fourth-order valence-corrected chi connectivity index (χ4v) is 11.3. The van der Waals surface area contributed by atoms with Crippen LogP contribution in [0.4, 0.5) is 27.2 Å². The molecular formula is C53H54F4N10O8S. The van der Waals surface area contributed by atoms with E-state index in [2.05, 4.69) is 35.3 Å². The number of likely N-dealkylation sites (tertiary alicyclic amines) is 2. The number of carbonyl (C=O) groups is 4. The Morgan fingerprint density at radius 3 is 1.86 bits per heavy atom. The van der Waals surface area contributed by atoms with Gasteiger partial charge in [0.05, 0.1) is 71.7 Å². The molecule has 2 fully saturated rings. The van der Waals surface area contributed by atoms with Crippen LogP contribution >= 0.6 is 11.3 Å². The summed E-state index contributed by atoms with van der Waals surface area (Å²) in [4.78, 5) is 76.9. The number of rotatable bonds is 13. The van der Waals surface area contributed by atoms with Crippen LogP contribution in [-0.2, 0) is 19.1 Å². The second kappa shape index (κ2) is 20.6. The standard InChI is InChI=1S/C53H54F4N10O8S/c1-26(2)43(63-51(70)72-5)48(68)65-17-7-9-37(65)45-58-23-34(61-45)29-13-16-36-31(19-29)21-39-42-33(54)20-30(35-24-59-46(62-35)38-10-8-18-66(38)49(69)44(27(3)4)64-52(71)73-6)22-40(42)74-50(67(36)39)41-25-60-47(76-41)28-11-14-32(15-12-28)75-53(55,56)57/h11-16,19-27,37-38,43-44,50H,7-10,17-18H2,1-6H3,(H,58,61)(H,59,62)(H,63,70)(H,64,71)/t37-,38-,43-,44-,50?/m0/s1. The van der Waals surface area contributed by atoms with Gasteiger partial charge in [-0.1, -0.05) is 33.8 Å². The highest BCUT2D eigenvalue weighted by Crippen LogP contribution is 2.49. The van der Waals surface area contributed by atoms with Crippen LogP contribution in [0.15, 0.2) is 79.3 Å². The molecule has 4 N–H and O–H groups in total. The van der Waals surface area contributed by atoms with Gasteiger partial charge in [-0.05, 0) is 92.1 Å². The lowest BCUT2D eigenvalue weighted by Gasteiger charge is -2.30. The normalized spacial score (nSPS) is 18.1. The molecule has 398 valence electrons. The van der Waals surface area contributed by atoms with Crippen LogP contribution in [0.3, 0.4) is 0 Å². The number of hydrogen-bond donors (Lipinski definition) is 4. The lowest BCUT2D eigenvalue weighted by Crippen LogP contribution is -2.51. The number of fused-ring (bicyclic) bond motifs is 5. The lowest BCUT2D eigenvalue weighted by molar-refractivity contribution is -0.274. The summed E-state index contributed by atoms with van der Waals surface area (Å²) in [6.07, 6.45) is 0.475. The van der Waals surface area contributed by atoms with Crippen molar-refractivity contribution in [1.29, 1.82) is 0 Å². The maximum Gasteiger partial charge on any atom is 0.573 e. The molecule has 76 heavy (non-hydrogen) atoms. The summed E-state index contributed by atoms with van der Waals surface area (Å²) in [5, 5.41) is 6.56. The number of imidazole rings is 2. The van der Waals surface area contributed by atoms with Crippen molar-refractivity contribution in [3.05, 3.63) is 102 Å². The van der Waals surface area contributed by atoms with Crippen molar-refractivity contribution in [3.8, 4) is 55.8 Å². The third kappa shape index (κ3) is 10.0. The summed E-state index contributed by atoms with van der Waals surface area (Å²) < 4.78 is 78.4. The van der Waals surface area contributed by atoms with Crippen LogP contribution in [0.2, 0.25) is 0 Å². The summed E-state index contributed by atoms with van der Waals surface area (Å²) in [5.41, 5.74) is 4.27. The number of ether oxygens (including phenoxy) is 4. The fourth-order valence-electron chi connectivity index (χ4n) is 10.3. The minimum Gasteiger partial charge on any atom is -0.464 e. The van der Waals surface area contributed by atoms with E-state index in [4.69, 9.17) is 19.2 Å². The number of hydrogen-bond acceptors (Lipinski definition) is 12. The zero-order chi connectivity index (χ0) is 53.7. The molecule has 23 heteroatoms. The predicted octanol–water partition coefficient (Wildman–Crippen LogP) is 10.3. The molecule has 4 amide bonds. The molecule has 10 rings (SSSR count). The van der Waals surface area contributed by atoms with E-state index < -0.39 is 48.7 Å². The molecule has 7 heterocycles. The number of H-pyrrole nitrogens is 2. The number of benzene rings is 3. The molecule has 7 aromatic rings. The summed E-state index contributed by atoms with van der Waals surface area (Å²) in [7, 11) is 2.49. The lowest BCUT2D eigenvalue weighted by atomic mass is 10.0. The van der Waals surface area contributed by atoms with Crippen molar-refractivity contribution in [2.24, 2.45) is 11.8 Å². The molecule has 0 radical (unpaired) electrons. The first-order chi connectivity index (χ1) is 36.4. The Kier molecular flexibility index (Phi) is 14.0. The number of carbonyl (C=O) groups excluding carboxylic acids is 4. The molecule has 0 saturated carbocycles. The van der Waals surface area contributed by atoms with Crippen molar-refractivity contribution in [1.82, 2.24) is 49.9 Å². The Bertz CT molecular complexity index is 3330. The van der Waals surface area contributed by atoms with Gasteiger partial charge in [0.1, 0.15) is 46.1 Å². The zero-order valence-electron chi connectivity index (χ0n) is 42.2. The third-order valence-corrected chi connectivity index (χ3v) is 15.1. The summed E-state index contributed by atoms with van der Waals surface area (Å²) >= 11 is 1.26. The van der Waals surface area contributed by atoms with Crippen LogP contribution in [0, 0.1) is 17.7 Å². The minimum absolute atomic E-state index is 0.198. The monoisotopic (exact) mass is 1070 g/mol. The van der Waals surface area contributed by atoms with E-state index in [1.54, 1.807) is 34.5 Å². The van der Waals surface area contributed by atoms with Crippen LogP contribution in [0.25, 0.3) is 55.2 Å². The Hall–Kier alpha value is -7.95. The molecule has 1 unspecified atom stereocenters. The molecule has 2 saturated heterocycles. The smallest absolute Gasteiger partial charge is 0.464 e. The topological polar surface area (TPSA) is 211 Å². The van der Waals surface area contributed by atoms with Crippen LogP contribution < -0.4 is 20.1 Å². The molecule has 5 atom stereocenters. The first-order valence-electron chi connectivity index (χ1n) is 24.8. The van der Waals surface area contributed by atoms with E-state index in [9.17, 15) is 32.3 Å². The summed E-state index contributed by atoms with van der Waals surface area (Å²) in [5.74, 6) is -0.584. The van der Waals surface area contributed by atoms with E-state index in [-0.39, 0.29) is 46.8 Å². The second-order valence-corrected chi connectivity index (χ2v) is 20.6. The van der Waals surface area contributed by atoms with Crippen molar-refractivity contribution < 1.29 is 55.7 Å². The zero-order valence-corrected chi connectivity index (χ0v) is 43.0. The highest BCUT2D eigenvalue weighted by atomic mass is 32.1. The van der Waals surface area contributed by atoms with Gasteiger partial charge in [-0.15, -0.1) is 24.5 Å². The van der Waals surface area contributed by atoms with E-state index in [0.717, 1.165) is 17.4 Å². The van der Waals surface area contributed by atoms with Crippen molar-refractivity contribution in [3.63, 3.8) is 0 Å². The quantitative estimate of drug-likeness (QED) is 0.0798. The van der Waals surface area contributed by atoms with Gasteiger partial charge in [0.2, 0.25) is 18.0 Å². The molecule has 0 aliphatic carbocycles. The third-order valence-electron chi connectivity index (χ3n) is 14.0. The number of nitrogens with zero attached hydrogens (tertiary/aromatic N) is 6. The van der Waals surface area contributed by atoms with Crippen molar-refractivity contribution >= 4 is 46.2 Å². The van der Waals surface area contributed by atoms with E-state index in [1.807, 2.05) is 56.5 Å². The largest absolute Gasteiger partial charge is 0.573 e. The van der Waals surface area contributed by atoms with Gasteiger partial charge >= 0.3 is 18.5 Å². The molecule has 4 aromatic heterocycles. The molecule has 18 nitrogen and oxygen atoms in total. The maximum atomic E-state index is 17.1. The fraction of sp³-hybridized carbons (Fsp3) is 0.377. The first kappa shape index (κ1) is 51.5.